The Morgan fingerprint density at radius 2 is 1.94 bits per heavy atom. The van der Waals surface area contributed by atoms with Crippen molar-refractivity contribution in [3.05, 3.63) is 35.9 Å². The number of hydrogen-bond donors (Lipinski definition) is 1. The first-order chi connectivity index (χ1) is 7.59. The molecule has 1 atom stereocenters. The Morgan fingerprint density at radius 1 is 1.31 bits per heavy atom. The van der Waals surface area contributed by atoms with E-state index in [1.165, 1.54) is 0 Å². The highest BCUT2D eigenvalue weighted by Gasteiger charge is 2.19. The number of carbonyl (C=O) groups is 1. The van der Waals surface area contributed by atoms with Crippen molar-refractivity contribution >= 4 is 5.97 Å². The molecular weight excluding hydrogens is 202 g/mol. The predicted octanol–water partition coefficient (Wildman–Crippen LogP) is 1.39. The lowest BCUT2D eigenvalue weighted by atomic mass is 10.1. The molecule has 1 aromatic rings. The van der Waals surface area contributed by atoms with Crippen LogP contribution in [0.4, 0.5) is 0 Å². The normalized spacial score (nSPS) is 12.5. The molecule has 0 saturated carbocycles. The molecule has 0 amide bonds. The van der Waals surface area contributed by atoms with Crippen LogP contribution < -0.4 is 5.73 Å². The number of esters is 1. The second-order valence-corrected chi connectivity index (χ2v) is 4.42. The SMILES string of the molecule is CC(C)C[C@@H]([NH3+])C(=O)OCc1ccccc1. The zero-order chi connectivity index (χ0) is 12.0. The van der Waals surface area contributed by atoms with Gasteiger partial charge in [-0.25, -0.2) is 4.79 Å². The molecule has 0 saturated heterocycles. The topological polar surface area (TPSA) is 53.9 Å². The minimum Gasteiger partial charge on any atom is -0.456 e. The van der Waals surface area contributed by atoms with Crippen LogP contribution in [0.15, 0.2) is 30.3 Å². The summed E-state index contributed by atoms with van der Waals surface area (Å²) in [6, 6.07) is 9.41. The third-order valence-corrected chi connectivity index (χ3v) is 2.31. The molecule has 0 heterocycles. The molecule has 0 aromatic heterocycles. The molecule has 0 unspecified atom stereocenters. The molecule has 88 valence electrons. The summed E-state index contributed by atoms with van der Waals surface area (Å²) in [6.45, 7) is 4.48. The highest BCUT2D eigenvalue weighted by atomic mass is 16.5. The average Bonchev–Trinajstić information content (AvgIpc) is 2.26. The smallest absolute Gasteiger partial charge is 0.365 e. The lowest BCUT2D eigenvalue weighted by Crippen LogP contribution is -2.65. The number of benzene rings is 1. The van der Waals surface area contributed by atoms with E-state index in [0.717, 1.165) is 12.0 Å². The summed E-state index contributed by atoms with van der Waals surface area (Å²) in [5.74, 6) is 0.254. The Morgan fingerprint density at radius 3 is 2.50 bits per heavy atom. The molecule has 1 rings (SSSR count). The summed E-state index contributed by atoms with van der Waals surface area (Å²) in [5, 5.41) is 0. The van der Waals surface area contributed by atoms with Crippen LogP contribution in [0.25, 0.3) is 0 Å². The van der Waals surface area contributed by atoms with Crippen molar-refractivity contribution < 1.29 is 15.3 Å². The van der Waals surface area contributed by atoms with Gasteiger partial charge in [0.1, 0.15) is 6.61 Å². The van der Waals surface area contributed by atoms with Gasteiger partial charge >= 0.3 is 5.97 Å². The lowest BCUT2D eigenvalue weighted by Gasteiger charge is -2.10. The van der Waals surface area contributed by atoms with Crippen LogP contribution in [0.1, 0.15) is 25.8 Å². The molecule has 0 radical (unpaired) electrons. The third kappa shape index (κ3) is 4.45. The average molecular weight is 222 g/mol. The Kier molecular flexibility index (Phi) is 4.99. The van der Waals surface area contributed by atoms with Gasteiger partial charge in [0.05, 0.1) is 0 Å². The fraction of sp³-hybridized carbons (Fsp3) is 0.462. The minimum absolute atomic E-state index is 0.211. The van der Waals surface area contributed by atoms with Crippen molar-refractivity contribution in [3.63, 3.8) is 0 Å². The van der Waals surface area contributed by atoms with Gasteiger partial charge in [-0.15, -0.1) is 0 Å². The first-order valence-corrected chi connectivity index (χ1v) is 5.63. The van der Waals surface area contributed by atoms with Crippen LogP contribution >= 0.6 is 0 Å². The van der Waals surface area contributed by atoms with Crippen LogP contribution in [0, 0.1) is 5.92 Å². The van der Waals surface area contributed by atoms with Gasteiger partial charge in [-0.2, -0.15) is 0 Å². The van der Waals surface area contributed by atoms with Crippen molar-refractivity contribution in [2.45, 2.75) is 32.9 Å². The van der Waals surface area contributed by atoms with Crippen molar-refractivity contribution in [2.75, 3.05) is 0 Å². The zero-order valence-corrected chi connectivity index (χ0v) is 9.98. The minimum atomic E-state index is -0.260. The van der Waals surface area contributed by atoms with E-state index >= 15 is 0 Å². The van der Waals surface area contributed by atoms with E-state index < -0.39 is 0 Å². The van der Waals surface area contributed by atoms with E-state index in [2.05, 4.69) is 19.6 Å². The molecule has 0 aliphatic heterocycles. The van der Waals surface area contributed by atoms with Gasteiger partial charge in [0.25, 0.3) is 0 Å². The molecule has 3 nitrogen and oxygen atoms in total. The van der Waals surface area contributed by atoms with Crippen LogP contribution in [0.2, 0.25) is 0 Å². The molecule has 16 heavy (non-hydrogen) atoms. The summed E-state index contributed by atoms with van der Waals surface area (Å²) in [6.07, 6.45) is 0.771. The summed E-state index contributed by atoms with van der Waals surface area (Å²) in [4.78, 5) is 11.6. The van der Waals surface area contributed by atoms with Crippen molar-refractivity contribution in [3.8, 4) is 0 Å². The van der Waals surface area contributed by atoms with Gasteiger partial charge in [-0.05, 0) is 11.5 Å². The van der Waals surface area contributed by atoms with Gasteiger partial charge in [-0.3, -0.25) is 0 Å². The second kappa shape index (κ2) is 6.28. The molecule has 3 N–H and O–H groups in total. The lowest BCUT2D eigenvalue weighted by molar-refractivity contribution is -0.411. The van der Waals surface area contributed by atoms with E-state index in [9.17, 15) is 4.79 Å². The molecule has 0 spiro atoms. The quantitative estimate of drug-likeness (QED) is 0.765. The number of hydrogen-bond acceptors (Lipinski definition) is 2. The molecule has 0 bridgehead atoms. The number of rotatable bonds is 5. The highest BCUT2D eigenvalue weighted by molar-refractivity contribution is 5.73. The number of ether oxygens (including phenoxy) is 1. The van der Waals surface area contributed by atoms with Crippen molar-refractivity contribution in [1.82, 2.24) is 0 Å². The monoisotopic (exact) mass is 222 g/mol. The van der Waals surface area contributed by atoms with Gasteiger partial charge in [0.15, 0.2) is 6.04 Å². The molecule has 1 aromatic carbocycles. The highest BCUT2D eigenvalue weighted by Crippen LogP contribution is 2.05. The first kappa shape index (κ1) is 12.7. The summed E-state index contributed by atoms with van der Waals surface area (Å²) < 4.78 is 5.19. The second-order valence-electron chi connectivity index (χ2n) is 4.42. The van der Waals surface area contributed by atoms with Crippen LogP contribution in [0.5, 0.6) is 0 Å². The molecule has 0 fully saturated rings. The fourth-order valence-electron chi connectivity index (χ4n) is 1.51. The molecule has 3 heteroatoms. The summed E-state index contributed by atoms with van der Waals surface area (Å²) in [7, 11) is 0. The standard InChI is InChI=1S/C13H19NO2/c1-10(2)8-12(14)13(15)16-9-11-6-4-3-5-7-11/h3-7,10,12H,8-9,14H2,1-2H3/p+1/t12-/m1/s1. The van der Waals surface area contributed by atoms with Gasteiger partial charge in [-0.1, -0.05) is 44.2 Å². The molecule has 0 aliphatic carbocycles. The Bertz CT molecular complexity index is 322. The number of quaternary nitrogens is 1. The van der Waals surface area contributed by atoms with E-state index in [0.29, 0.717) is 12.5 Å². The van der Waals surface area contributed by atoms with E-state index in [4.69, 9.17) is 4.74 Å². The van der Waals surface area contributed by atoms with Crippen molar-refractivity contribution in [2.24, 2.45) is 5.92 Å². The van der Waals surface area contributed by atoms with Crippen LogP contribution in [-0.4, -0.2) is 12.0 Å². The predicted molar refractivity (Wildman–Crippen MR) is 62.4 cm³/mol. The zero-order valence-electron chi connectivity index (χ0n) is 9.98. The maximum Gasteiger partial charge on any atom is 0.365 e. The van der Waals surface area contributed by atoms with Gasteiger partial charge in [0, 0.05) is 6.42 Å². The summed E-state index contributed by atoms with van der Waals surface area (Å²) in [5.41, 5.74) is 4.82. The fourth-order valence-corrected chi connectivity index (χ4v) is 1.51. The third-order valence-electron chi connectivity index (χ3n) is 2.31. The van der Waals surface area contributed by atoms with Gasteiger partial charge < -0.3 is 10.5 Å². The maximum atomic E-state index is 11.6. The van der Waals surface area contributed by atoms with Crippen LogP contribution in [-0.2, 0) is 16.1 Å². The van der Waals surface area contributed by atoms with E-state index in [1.807, 2.05) is 30.3 Å². The van der Waals surface area contributed by atoms with E-state index in [1.54, 1.807) is 0 Å². The Hall–Kier alpha value is -1.35. The molecule has 0 aliphatic rings. The first-order valence-electron chi connectivity index (χ1n) is 5.63. The maximum absolute atomic E-state index is 11.6. The Labute approximate surface area is 96.6 Å². The Balaban J connectivity index is 2.35. The number of carbonyl (C=O) groups excluding carboxylic acids is 1. The largest absolute Gasteiger partial charge is 0.456 e. The summed E-state index contributed by atoms with van der Waals surface area (Å²) >= 11 is 0. The molecular formula is C13H20NO2+. The van der Waals surface area contributed by atoms with Crippen LogP contribution in [0.3, 0.4) is 0 Å². The van der Waals surface area contributed by atoms with Crippen molar-refractivity contribution in [1.29, 1.82) is 0 Å². The van der Waals surface area contributed by atoms with Gasteiger partial charge in [0.2, 0.25) is 0 Å². The van der Waals surface area contributed by atoms with E-state index in [-0.39, 0.29) is 12.0 Å².